The first-order valence-electron chi connectivity index (χ1n) is 6.45. The fraction of sp³-hybridized carbons (Fsp3) is 0.333. The Balaban J connectivity index is 2.17. The zero-order valence-electron chi connectivity index (χ0n) is 11.5. The molecule has 0 aromatic heterocycles. The number of alkyl halides is 3. The molecule has 4 N–H and O–H groups in total. The molecular formula is C15H17F3N2O. The molecule has 1 aromatic carbocycles. The molecule has 0 aliphatic heterocycles. The molecule has 2 rings (SSSR count). The van der Waals surface area contributed by atoms with Gasteiger partial charge in [0.15, 0.2) is 0 Å². The maximum absolute atomic E-state index is 12.2. The topological polar surface area (TPSA) is 61.3 Å². The Bertz CT molecular complexity index is 581. The molecule has 1 aliphatic carbocycles. The van der Waals surface area contributed by atoms with Crippen LogP contribution in [-0.4, -0.2) is 17.9 Å². The molecule has 0 saturated carbocycles. The van der Waals surface area contributed by atoms with E-state index in [-0.39, 0.29) is 11.8 Å². The summed E-state index contributed by atoms with van der Waals surface area (Å²) in [5.74, 6) is -0.208. The number of aryl methyl sites for hydroxylation is 1. The highest BCUT2D eigenvalue weighted by Gasteiger charge is 2.32. The van der Waals surface area contributed by atoms with Crippen LogP contribution in [0.5, 0.6) is 5.75 Å². The third-order valence-corrected chi connectivity index (χ3v) is 3.43. The molecule has 2 unspecified atom stereocenters. The quantitative estimate of drug-likeness (QED) is 0.901. The second-order valence-electron chi connectivity index (χ2n) is 5.21. The van der Waals surface area contributed by atoms with E-state index in [2.05, 4.69) is 4.74 Å². The number of benzene rings is 1. The van der Waals surface area contributed by atoms with Crippen molar-refractivity contribution in [3.8, 4) is 5.75 Å². The van der Waals surface area contributed by atoms with Crippen molar-refractivity contribution in [2.45, 2.75) is 31.3 Å². The summed E-state index contributed by atoms with van der Waals surface area (Å²) in [6, 6.07) is 4.17. The SMILES string of the molecule is Cc1cc(CC2(N)C=CC=CC2N)ccc1OC(F)(F)F. The van der Waals surface area contributed by atoms with Crippen LogP contribution in [0.4, 0.5) is 13.2 Å². The maximum atomic E-state index is 12.2. The second-order valence-corrected chi connectivity index (χ2v) is 5.21. The van der Waals surface area contributed by atoms with Gasteiger partial charge in [-0.2, -0.15) is 0 Å². The van der Waals surface area contributed by atoms with Crippen LogP contribution in [0, 0.1) is 6.92 Å². The number of halogens is 3. The van der Waals surface area contributed by atoms with Gasteiger partial charge in [0.1, 0.15) is 5.75 Å². The molecule has 1 aliphatic rings. The smallest absolute Gasteiger partial charge is 0.406 e. The van der Waals surface area contributed by atoms with Gasteiger partial charge in [-0.15, -0.1) is 13.2 Å². The van der Waals surface area contributed by atoms with Crippen molar-refractivity contribution >= 4 is 0 Å². The Morgan fingerprint density at radius 1 is 1.29 bits per heavy atom. The van der Waals surface area contributed by atoms with E-state index < -0.39 is 11.9 Å². The van der Waals surface area contributed by atoms with Gasteiger partial charge < -0.3 is 16.2 Å². The highest BCUT2D eigenvalue weighted by molar-refractivity contribution is 5.39. The summed E-state index contributed by atoms with van der Waals surface area (Å²) < 4.78 is 40.6. The van der Waals surface area contributed by atoms with Gasteiger partial charge in [0.25, 0.3) is 0 Å². The number of allylic oxidation sites excluding steroid dienone is 2. The van der Waals surface area contributed by atoms with E-state index in [4.69, 9.17) is 11.5 Å². The molecule has 0 amide bonds. The van der Waals surface area contributed by atoms with E-state index in [0.717, 1.165) is 5.56 Å². The van der Waals surface area contributed by atoms with Gasteiger partial charge in [0.2, 0.25) is 0 Å². The van der Waals surface area contributed by atoms with Crippen molar-refractivity contribution in [1.29, 1.82) is 0 Å². The van der Waals surface area contributed by atoms with Gasteiger partial charge in [0, 0.05) is 6.04 Å². The van der Waals surface area contributed by atoms with Crippen LogP contribution >= 0.6 is 0 Å². The Kier molecular flexibility index (Phi) is 4.11. The first-order chi connectivity index (χ1) is 9.70. The Labute approximate surface area is 121 Å². The molecular weight excluding hydrogens is 281 g/mol. The Hall–Kier alpha value is -1.79. The molecule has 0 bridgehead atoms. The molecule has 6 heteroatoms. The molecule has 0 fully saturated rings. The lowest BCUT2D eigenvalue weighted by Gasteiger charge is -2.32. The van der Waals surface area contributed by atoms with Crippen molar-refractivity contribution < 1.29 is 17.9 Å². The predicted molar refractivity (Wildman–Crippen MR) is 74.7 cm³/mol. The highest BCUT2D eigenvalue weighted by atomic mass is 19.4. The lowest BCUT2D eigenvalue weighted by atomic mass is 9.82. The second kappa shape index (κ2) is 5.54. The van der Waals surface area contributed by atoms with Gasteiger partial charge in [-0.25, -0.2) is 0 Å². The largest absolute Gasteiger partial charge is 0.573 e. The molecule has 0 radical (unpaired) electrons. The summed E-state index contributed by atoms with van der Waals surface area (Å²) in [5, 5.41) is 0. The molecule has 1 aromatic rings. The minimum atomic E-state index is -4.69. The van der Waals surface area contributed by atoms with Gasteiger partial charge in [-0.05, 0) is 30.5 Å². The molecule has 114 valence electrons. The average molecular weight is 298 g/mol. The predicted octanol–water partition coefficient (Wildman–Crippen LogP) is 2.59. The van der Waals surface area contributed by atoms with E-state index in [1.807, 2.05) is 18.2 Å². The lowest BCUT2D eigenvalue weighted by molar-refractivity contribution is -0.274. The van der Waals surface area contributed by atoms with E-state index in [1.165, 1.54) is 6.07 Å². The summed E-state index contributed by atoms with van der Waals surface area (Å²) in [6.45, 7) is 1.56. The third-order valence-electron chi connectivity index (χ3n) is 3.43. The summed E-state index contributed by atoms with van der Waals surface area (Å²) in [5.41, 5.74) is 12.7. The Morgan fingerprint density at radius 3 is 2.57 bits per heavy atom. The van der Waals surface area contributed by atoms with Gasteiger partial charge in [-0.3, -0.25) is 0 Å². The summed E-state index contributed by atoms with van der Waals surface area (Å²) in [4.78, 5) is 0. The molecule has 0 saturated heterocycles. The van der Waals surface area contributed by atoms with Crippen LogP contribution in [0.2, 0.25) is 0 Å². The average Bonchev–Trinajstić information content (AvgIpc) is 2.35. The van der Waals surface area contributed by atoms with E-state index in [9.17, 15) is 13.2 Å². The highest BCUT2D eigenvalue weighted by Crippen LogP contribution is 2.28. The lowest BCUT2D eigenvalue weighted by Crippen LogP contribution is -2.55. The van der Waals surface area contributed by atoms with Crippen molar-refractivity contribution in [1.82, 2.24) is 0 Å². The van der Waals surface area contributed by atoms with E-state index in [0.29, 0.717) is 12.0 Å². The molecule has 0 spiro atoms. The number of hydrogen-bond acceptors (Lipinski definition) is 3. The van der Waals surface area contributed by atoms with Gasteiger partial charge >= 0.3 is 6.36 Å². The number of rotatable bonds is 3. The summed E-state index contributed by atoms with van der Waals surface area (Å²) in [6.07, 6.45) is 2.99. The van der Waals surface area contributed by atoms with E-state index >= 15 is 0 Å². The first-order valence-corrected chi connectivity index (χ1v) is 6.45. The fourth-order valence-corrected chi connectivity index (χ4v) is 2.30. The third kappa shape index (κ3) is 3.86. The van der Waals surface area contributed by atoms with Crippen LogP contribution in [0.1, 0.15) is 11.1 Å². The van der Waals surface area contributed by atoms with Crippen molar-refractivity contribution in [3.05, 3.63) is 53.6 Å². The minimum Gasteiger partial charge on any atom is -0.406 e. The minimum absolute atomic E-state index is 0.208. The monoisotopic (exact) mass is 298 g/mol. The standard InChI is InChI=1S/C15H17F3N2O/c1-10-8-11(5-6-12(10)21-15(16,17)18)9-14(20)7-3-2-4-13(14)19/h2-8,13H,9,19-20H2,1H3. The van der Waals surface area contributed by atoms with Crippen LogP contribution in [0.25, 0.3) is 0 Å². The molecule has 3 nitrogen and oxygen atoms in total. The number of hydrogen-bond donors (Lipinski definition) is 2. The van der Waals surface area contributed by atoms with Gasteiger partial charge in [-0.1, -0.05) is 36.4 Å². The summed E-state index contributed by atoms with van der Waals surface area (Å²) in [7, 11) is 0. The summed E-state index contributed by atoms with van der Waals surface area (Å²) >= 11 is 0. The zero-order chi connectivity index (χ0) is 15.7. The van der Waals surface area contributed by atoms with Crippen LogP contribution in [0.15, 0.2) is 42.5 Å². The first kappa shape index (κ1) is 15.6. The van der Waals surface area contributed by atoms with Crippen LogP contribution < -0.4 is 16.2 Å². The van der Waals surface area contributed by atoms with Crippen LogP contribution in [-0.2, 0) is 6.42 Å². The molecule has 0 heterocycles. The van der Waals surface area contributed by atoms with Crippen molar-refractivity contribution in [2.75, 3.05) is 0 Å². The zero-order valence-corrected chi connectivity index (χ0v) is 11.5. The van der Waals surface area contributed by atoms with E-state index in [1.54, 1.807) is 25.1 Å². The fourth-order valence-electron chi connectivity index (χ4n) is 2.30. The Morgan fingerprint density at radius 2 is 2.00 bits per heavy atom. The molecule has 21 heavy (non-hydrogen) atoms. The van der Waals surface area contributed by atoms with Gasteiger partial charge in [0.05, 0.1) is 5.54 Å². The molecule has 2 atom stereocenters. The number of nitrogens with two attached hydrogens (primary N) is 2. The maximum Gasteiger partial charge on any atom is 0.573 e. The van der Waals surface area contributed by atoms with Crippen molar-refractivity contribution in [2.24, 2.45) is 11.5 Å². The number of ether oxygens (including phenoxy) is 1. The van der Waals surface area contributed by atoms with Crippen LogP contribution in [0.3, 0.4) is 0 Å². The normalized spacial score (nSPS) is 25.1. The van der Waals surface area contributed by atoms with Crippen molar-refractivity contribution in [3.63, 3.8) is 0 Å².